The van der Waals surface area contributed by atoms with Crippen molar-refractivity contribution in [2.75, 3.05) is 5.73 Å². The lowest BCUT2D eigenvalue weighted by molar-refractivity contribution is 0.0377. The maximum atomic E-state index is 11.9. The molecule has 0 radical (unpaired) electrons. The van der Waals surface area contributed by atoms with E-state index in [0.717, 1.165) is 30.5 Å². The summed E-state index contributed by atoms with van der Waals surface area (Å²) in [7, 11) is 0. The fourth-order valence-electron chi connectivity index (χ4n) is 2.32. The Hall–Kier alpha value is -1.71. The lowest BCUT2D eigenvalue weighted by atomic mass is 9.72. The molecule has 0 unspecified atom stereocenters. The highest BCUT2D eigenvalue weighted by molar-refractivity contribution is 5.69. The number of nitrogens with two attached hydrogens (primary N) is 1. The first kappa shape index (κ1) is 17.3. The zero-order chi connectivity index (χ0) is 16.1. The Balaban J connectivity index is 0.00000106. The van der Waals surface area contributed by atoms with E-state index in [1.54, 1.807) is 0 Å². The van der Waals surface area contributed by atoms with Crippen molar-refractivity contribution in [3.8, 4) is 0 Å². The van der Waals surface area contributed by atoms with Gasteiger partial charge in [-0.05, 0) is 57.7 Å². The number of nitrogens with one attached hydrogen (secondary N) is 1. The number of nitrogen functional groups attached to an aromatic ring is 1. The summed E-state index contributed by atoms with van der Waals surface area (Å²) in [6, 6.07) is 7.69. The smallest absolute Gasteiger partial charge is 0.408 e. The van der Waals surface area contributed by atoms with Gasteiger partial charge in [-0.2, -0.15) is 0 Å². The molecule has 1 aromatic carbocycles. The Labute approximate surface area is 128 Å². The molecule has 4 nitrogen and oxygen atoms in total. The quantitative estimate of drug-likeness (QED) is 0.803. The van der Waals surface area contributed by atoms with Crippen molar-refractivity contribution in [3.63, 3.8) is 0 Å². The Morgan fingerprint density at radius 3 is 2.10 bits per heavy atom. The summed E-state index contributed by atoms with van der Waals surface area (Å²) >= 11 is 0. The molecule has 21 heavy (non-hydrogen) atoms. The summed E-state index contributed by atoms with van der Waals surface area (Å²) in [6.07, 6.45) is 2.64. The molecule has 1 aromatic rings. The van der Waals surface area contributed by atoms with Crippen LogP contribution in [0.1, 0.15) is 59.4 Å². The summed E-state index contributed by atoms with van der Waals surface area (Å²) in [4.78, 5) is 11.9. The molecule has 1 amide bonds. The third-order valence-corrected chi connectivity index (χ3v) is 3.41. The van der Waals surface area contributed by atoms with E-state index in [1.165, 1.54) is 0 Å². The number of ether oxygens (including phenoxy) is 1. The SMILES string of the molecule is CC.CC(C)(C)OC(=O)NC1(c2ccc(N)cc2)CCC1. The van der Waals surface area contributed by atoms with Gasteiger partial charge < -0.3 is 15.8 Å². The lowest BCUT2D eigenvalue weighted by Gasteiger charge is -2.43. The van der Waals surface area contributed by atoms with Gasteiger partial charge in [0.25, 0.3) is 0 Å². The first-order chi connectivity index (χ1) is 9.81. The van der Waals surface area contributed by atoms with E-state index in [0.29, 0.717) is 0 Å². The maximum absolute atomic E-state index is 11.9. The molecule has 0 bridgehead atoms. The number of hydrogen-bond donors (Lipinski definition) is 2. The van der Waals surface area contributed by atoms with Gasteiger partial charge in [0.05, 0.1) is 5.54 Å². The Morgan fingerprint density at radius 1 is 1.19 bits per heavy atom. The minimum Gasteiger partial charge on any atom is -0.444 e. The zero-order valence-corrected chi connectivity index (χ0v) is 13.8. The molecule has 0 aromatic heterocycles. The van der Waals surface area contributed by atoms with E-state index in [4.69, 9.17) is 10.5 Å². The van der Waals surface area contributed by atoms with Gasteiger partial charge in [0, 0.05) is 5.69 Å². The van der Waals surface area contributed by atoms with Crippen molar-refractivity contribution in [2.45, 2.75) is 65.0 Å². The van der Waals surface area contributed by atoms with E-state index < -0.39 is 5.60 Å². The predicted octanol–water partition coefficient (Wildman–Crippen LogP) is 4.20. The number of benzene rings is 1. The molecule has 0 spiro atoms. The molecular formula is C17H28N2O2. The summed E-state index contributed by atoms with van der Waals surface area (Å²) < 4.78 is 5.34. The topological polar surface area (TPSA) is 64.3 Å². The van der Waals surface area contributed by atoms with Gasteiger partial charge in [-0.1, -0.05) is 26.0 Å². The Morgan fingerprint density at radius 2 is 1.71 bits per heavy atom. The van der Waals surface area contributed by atoms with Gasteiger partial charge in [0.2, 0.25) is 0 Å². The monoisotopic (exact) mass is 292 g/mol. The summed E-state index contributed by atoms with van der Waals surface area (Å²) in [5.41, 5.74) is 6.77. The molecule has 1 aliphatic rings. The molecule has 0 saturated heterocycles. The molecule has 1 fully saturated rings. The molecule has 3 N–H and O–H groups in total. The van der Waals surface area contributed by atoms with E-state index in [2.05, 4.69) is 5.32 Å². The molecule has 0 heterocycles. The second-order valence-corrected chi connectivity index (χ2v) is 6.18. The summed E-state index contributed by atoms with van der Waals surface area (Å²) in [5.74, 6) is 0. The van der Waals surface area contributed by atoms with Crippen LogP contribution in [0.5, 0.6) is 0 Å². The lowest BCUT2D eigenvalue weighted by Crippen LogP contribution is -2.52. The minimum absolute atomic E-state index is 0.282. The van der Waals surface area contributed by atoms with Gasteiger partial charge in [-0.3, -0.25) is 0 Å². The molecule has 4 heteroatoms. The van der Waals surface area contributed by atoms with Crippen LogP contribution in [-0.4, -0.2) is 11.7 Å². The van der Waals surface area contributed by atoms with Gasteiger partial charge in [-0.25, -0.2) is 4.79 Å². The average Bonchev–Trinajstić information content (AvgIpc) is 2.35. The maximum Gasteiger partial charge on any atom is 0.408 e. The number of carbonyl (C=O) groups is 1. The van der Waals surface area contributed by atoms with Crippen molar-refractivity contribution in [1.29, 1.82) is 0 Å². The molecule has 0 atom stereocenters. The molecule has 2 rings (SSSR count). The highest BCUT2D eigenvalue weighted by Crippen LogP contribution is 2.41. The first-order valence-corrected chi connectivity index (χ1v) is 7.68. The van der Waals surface area contributed by atoms with E-state index in [-0.39, 0.29) is 11.6 Å². The highest BCUT2D eigenvalue weighted by atomic mass is 16.6. The van der Waals surface area contributed by atoms with Crippen LogP contribution in [0.4, 0.5) is 10.5 Å². The predicted molar refractivity (Wildman–Crippen MR) is 87.1 cm³/mol. The summed E-state index contributed by atoms with van der Waals surface area (Å²) in [5, 5.41) is 3.02. The van der Waals surface area contributed by atoms with Gasteiger partial charge in [0.1, 0.15) is 5.60 Å². The first-order valence-electron chi connectivity index (χ1n) is 7.68. The number of rotatable bonds is 2. The van der Waals surface area contributed by atoms with E-state index >= 15 is 0 Å². The third-order valence-electron chi connectivity index (χ3n) is 3.41. The van der Waals surface area contributed by atoms with E-state index in [9.17, 15) is 4.79 Å². The van der Waals surface area contributed by atoms with Crippen molar-refractivity contribution >= 4 is 11.8 Å². The standard InChI is InChI=1S/C15H22N2O2.C2H6/c1-14(2,3)19-13(18)17-15(9-4-10-15)11-5-7-12(16)8-6-11;1-2/h5-8H,4,9-10,16H2,1-3H3,(H,17,18);1-2H3. The highest BCUT2D eigenvalue weighted by Gasteiger charge is 2.41. The second kappa shape index (κ2) is 6.83. The largest absolute Gasteiger partial charge is 0.444 e. The van der Waals surface area contributed by atoms with Crippen LogP contribution in [0.3, 0.4) is 0 Å². The summed E-state index contributed by atoms with van der Waals surface area (Å²) in [6.45, 7) is 9.59. The Kier molecular flexibility index (Phi) is 5.64. The molecule has 1 saturated carbocycles. The van der Waals surface area contributed by atoms with Crippen molar-refractivity contribution in [2.24, 2.45) is 0 Å². The third kappa shape index (κ3) is 4.66. The number of alkyl carbamates (subject to hydrolysis) is 1. The molecule has 1 aliphatic carbocycles. The van der Waals surface area contributed by atoms with Crippen LogP contribution in [0.2, 0.25) is 0 Å². The fourth-order valence-corrected chi connectivity index (χ4v) is 2.32. The molecule has 118 valence electrons. The normalized spacial score (nSPS) is 16.0. The van der Waals surface area contributed by atoms with Crippen molar-refractivity contribution in [1.82, 2.24) is 5.32 Å². The van der Waals surface area contributed by atoms with Gasteiger partial charge in [0.15, 0.2) is 0 Å². The van der Waals surface area contributed by atoms with Crippen LogP contribution >= 0.6 is 0 Å². The fraction of sp³-hybridized carbons (Fsp3) is 0.588. The second-order valence-electron chi connectivity index (χ2n) is 6.18. The van der Waals surface area contributed by atoms with Crippen LogP contribution < -0.4 is 11.1 Å². The zero-order valence-electron chi connectivity index (χ0n) is 13.8. The van der Waals surface area contributed by atoms with Gasteiger partial charge in [-0.15, -0.1) is 0 Å². The van der Waals surface area contributed by atoms with Crippen LogP contribution in [0.15, 0.2) is 24.3 Å². The van der Waals surface area contributed by atoms with Crippen LogP contribution in [-0.2, 0) is 10.3 Å². The van der Waals surface area contributed by atoms with Crippen molar-refractivity contribution < 1.29 is 9.53 Å². The Bertz CT molecular complexity index is 457. The van der Waals surface area contributed by atoms with Gasteiger partial charge >= 0.3 is 6.09 Å². The average molecular weight is 292 g/mol. The molecular weight excluding hydrogens is 264 g/mol. The number of amides is 1. The van der Waals surface area contributed by atoms with Crippen LogP contribution in [0.25, 0.3) is 0 Å². The minimum atomic E-state index is -0.476. The van der Waals surface area contributed by atoms with Crippen molar-refractivity contribution in [3.05, 3.63) is 29.8 Å². The van der Waals surface area contributed by atoms with Crippen LogP contribution in [0, 0.1) is 0 Å². The number of hydrogen-bond acceptors (Lipinski definition) is 3. The molecule has 0 aliphatic heterocycles. The number of carbonyl (C=O) groups excluding carboxylic acids is 1. The number of anilines is 1. The van der Waals surface area contributed by atoms with E-state index in [1.807, 2.05) is 58.9 Å².